The van der Waals surface area contributed by atoms with Gasteiger partial charge in [0, 0.05) is 0 Å². The van der Waals surface area contributed by atoms with Gasteiger partial charge in [-0.15, -0.1) is 0 Å². The summed E-state index contributed by atoms with van der Waals surface area (Å²) in [5.41, 5.74) is 0. The second kappa shape index (κ2) is 24.3. The van der Waals surface area contributed by atoms with Crippen LogP contribution in [0.4, 0.5) is 4.70 Å². The Hall–Kier alpha value is -3.05. The lowest BCUT2D eigenvalue weighted by Gasteiger charge is -1.69. The van der Waals surface area contributed by atoms with Crippen LogP contribution in [0.3, 0.4) is 0 Å². The maximum Gasteiger partial charge on any atom is 0.283 e. The van der Waals surface area contributed by atoms with Gasteiger partial charge in [0.2, 0.25) is 0 Å². The van der Waals surface area contributed by atoms with Crippen molar-refractivity contribution in [3.63, 3.8) is 0 Å². The van der Waals surface area contributed by atoms with E-state index in [1.807, 2.05) is 72.8 Å². The van der Waals surface area contributed by atoms with Crippen LogP contribution in [-0.4, -0.2) is 10.2 Å². The van der Waals surface area contributed by atoms with Crippen LogP contribution in [0, 0.1) is 23.0 Å². The molecule has 0 saturated heterocycles. The van der Waals surface area contributed by atoms with Crippen molar-refractivity contribution in [3.05, 3.63) is 72.8 Å². The van der Waals surface area contributed by atoms with Crippen LogP contribution in [0.15, 0.2) is 72.8 Å². The van der Waals surface area contributed by atoms with Gasteiger partial charge in [0.15, 0.2) is 0 Å². The topological polar surface area (TPSA) is 88.0 Å². The SMILES string of the molecule is F.N#CO.N#CO.c1ccccc1.c1ccccc1. The van der Waals surface area contributed by atoms with Crippen molar-refractivity contribution >= 4 is 0 Å². The van der Waals surface area contributed by atoms with Crippen molar-refractivity contribution < 1.29 is 14.9 Å². The van der Waals surface area contributed by atoms with Crippen molar-refractivity contribution in [2.75, 3.05) is 0 Å². The molecule has 0 radical (unpaired) electrons. The molecule has 0 fully saturated rings. The van der Waals surface area contributed by atoms with E-state index < -0.39 is 0 Å². The number of halogens is 1. The van der Waals surface area contributed by atoms with Crippen molar-refractivity contribution in [2.24, 2.45) is 0 Å². The van der Waals surface area contributed by atoms with Crippen molar-refractivity contribution in [1.82, 2.24) is 0 Å². The molecule has 2 aromatic rings. The second-order valence-electron chi connectivity index (χ2n) is 2.51. The molecule has 2 N–H and O–H groups in total. The summed E-state index contributed by atoms with van der Waals surface area (Å²) in [6, 6.07) is 24.0. The summed E-state index contributed by atoms with van der Waals surface area (Å²) in [5.74, 6) is 0. The first kappa shape index (κ1) is 21.3. The molecule has 0 aliphatic carbocycles. The van der Waals surface area contributed by atoms with E-state index >= 15 is 0 Å². The zero-order chi connectivity index (χ0) is 13.9. The van der Waals surface area contributed by atoms with E-state index in [-0.39, 0.29) is 4.70 Å². The highest BCUT2D eigenvalue weighted by Gasteiger charge is 1.58. The standard InChI is InChI=1S/2C6H6.2CHNO.FH/c2*1-2-4-6-5-3-1;2*2-1-3;/h2*1-6H;2*3H;1H. The van der Waals surface area contributed by atoms with Crippen LogP contribution < -0.4 is 0 Å². The summed E-state index contributed by atoms with van der Waals surface area (Å²) in [6.07, 6.45) is 1.50. The fourth-order valence-corrected chi connectivity index (χ4v) is 0.770. The summed E-state index contributed by atoms with van der Waals surface area (Å²) < 4.78 is 0. The molecular weight excluding hydrogens is 247 g/mol. The van der Waals surface area contributed by atoms with Gasteiger partial charge >= 0.3 is 0 Å². The maximum atomic E-state index is 6.88. The molecule has 4 nitrogen and oxygen atoms in total. The lowest BCUT2D eigenvalue weighted by molar-refractivity contribution is 0.502. The Bertz CT molecular complexity index is 328. The molecule has 0 aliphatic heterocycles. The monoisotopic (exact) mass is 262 g/mol. The highest BCUT2D eigenvalue weighted by molar-refractivity contribution is 4.99. The molecule has 5 heteroatoms. The van der Waals surface area contributed by atoms with Crippen molar-refractivity contribution in [3.8, 4) is 12.5 Å². The Balaban J connectivity index is -0.000000188. The Kier molecular flexibility index (Phi) is 27.1. The number of benzene rings is 2. The van der Waals surface area contributed by atoms with E-state index in [0.717, 1.165) is 12.5 Å². The molecular formula is C14H15FN2O2. The van der Waals surface area contributed by atoms with E-state index in [0.29, 0.717) is 0 Å². The Morgan fingerprint density at radius 2 is 0.526 bits per heavy atom. The highest BCUT2D eigenvalue weighted by Crippen LogP contribution is 1.80. The number of hydrogen-bond acceptors (Lipinski definition) is 4. The molecule has 0 bridgehead atoms. The summed E-state index contributed by atoms with van der Waals surface area (Å²) in [6.45, 7) is 0. The van der Waals surface area contributed by atoms with Gasteiger partial charge in [-0.25, -0.2) is 0 Å². The molecule has 2 aromatic carbocycles. The maximum absolute atomic E-state index is 6.88. The molecule has 0 atom stereocenters. The van der Waals surface area contributed by atoms with E-state index in [1.165, 1.54) is 0 Å². The minimum Gasteiger partial charge on any atom is -0.443 e. The number of rotatable bonds is 0. The largest absolute Gasteiger partial charge is 0.443 e. The number of nitriles is 2. The van der Waals surface area contributed by atoms with Crippen LogP contribution >= 0.6 is 0 Å². The molecule has 0 amide bonds. The molecule has 0 saturated carbocycles. The molecule has 19 heavy (non-hydrogen) atoms. The van der Waals surface area contributed by atoms with Gasteiger partial charge in [0.05, 0.1) is 0 Å². The summed E-state index contributed by atoms with van der Waals surface area (Å²) in [7, 11) is 0. The van der Waals surface area contributed by atoms with Crippen LogP contribution in [0.5, 0.6) is 0 Å². The second-order valence-corrected chi connectivity index (χ2v) is 2.51. The first-order valence-corrected chi connectivity index (χ1v) is 4.89. The van der Waals surface area contributed by atoms with E-state index in [1.54, 1.807) is 0 Å². The molecule has 0 unspecified atom stereocenters. The lowest BCUT2D eigenvalue weighted by Crippen LogP contribution is -1.47. The molecule has 0 heterocycles. The predicted molar refractivity (Wildman–Crippen MR) is 70.5 cm³/mol. The zero-order valence-electron chi connectivity index (χ0n) is 10.1. The van der Waals surface area contributed by atoms with Crippen LogP contribution in [-0.2, 0) is 0 Å². The molecule has 0 spiro atoms. The molecule has 100 valence electrons. The molecule has 2 rings (SSSR count). The van der Waals surface area contributed by atoms with Gasteiger partial charge in [0.25, 0.3) is 12.5 Å². The number of hydrogen-bond donors (Lipinski definition) is 2. The number of nitrogens with zero attached hydrogens (tertiary/aromatic N) is 2. The smallest absolute Gasteiger partial charge is 0.283 e. The lowest BCUT2D eigenvalue weighted by atomic mass is 10.4. The minimum atomic E-state index is 0. The van der Waals surface area contributed by atoms with Crippen LogP contribution in [0.2, 0.25) is 0 Å². The van der Waals surface area contributed by atoms with Gasteiger partial charge < -0.3 is 10.2 Å². The highest BCUT2D eigenvalue weighted by atomic mass is 19.0. The quantitative estimate of drug-likeness (QED) is 0.713. The van der Waals surface area contributed by atoms with Gasteiger partial charge in [-0.3, -0.25) is 4.70 Å². The molecule has 0 aromatic heterocycles. The fourth-order valence-electron chi connectivity index (χ4n) is 0.770. The third-order valence-corrected chi connectivity index (χ3v) is 1.33. The van der Waals surface area contributed by atoms with Crippen molar-refractivity contribution in [1.29, 1.82) is 10.5 Å². The zero-order valence-corrected chi connectivity index (χ0v) is 10.1. The summed E-state index contributed by atoms with van der Waals surface area (Å²) in [5, 5.41) is 27.5. The predicted octanol–water partition coefficient (Wildman–Crippen LogP) is 3.21. The number of aliphatic hydroxyl groups excluding tert-OH is 2. The van der Waals surface area contributed by atoms with Gasteiger partial charge in [-0.1, -0.05) is 72.8 Å². The fraction of sp³-hybridized carbons (Fsp3) is 0. The van der Waals surface area contributed by atoms with E-state index in [4.69, 9.17) is 20.7 Å². The van der Waals surface area contributed by atoms with Crippen LogP contribution in [0.1, 0.15) is 0 Å². The summed E-state index contributed by atoms with van der Waals surface area (Å²) in [4.78, 5) is 0. The molecule has 0 aliphatic rings. The third-order valence-electron chi connectivity index (χ3n) is 1.33. The van der Waals surface area contributed by atoms with Gasteiger partial charge in [-0.2, -0.15) is 10.5 Å². The average Bonchev–Trinajstić information content (AvgIpc) is 2.45. The Morgan fingerprint density at radius 1 is 0.474 bits per heavy atom. The third kappa shape index (κ3) is 31.3. The van der Waals surface area contributed by atoms with Crippen molar-refractivity contribution in [2.45, 2.75) is 0 Å². The van der Waals surface area contributed by atoms with E-state index in [9.17, 15) is 0 Å². The normalized spacial score (nSPS) is 5.79. The first-order valence-electron chi connectivity index (χ1n) is 4.89. The number of aliphatic hydroxyl groups is 2. The minimum absolute atomic E-state index is 0. The Morgan fingerprint density at radius 3 is 0.579 bits per heavy atom. The Labute approximate surface area is 111 Å². The van der Waals surface area contributed by atoms with E-state index in [2.05, 4.69) is 0 Å². The first-order chi connectivity index (χ1) is 8.83. The van der Waals surface area contributed by atoms with Gasteiger partial charge in [0.1, 0.15) is 0 Å². The average molecular weight is 262 g/mol. The summed E-state index contributed by atoms with van der Waals surface area (Å²) >= 11 is 0. The van der Waals surface area contributed by atoms with Gasteiger partial charge in [-0.05, 0) is 0 Å². The van der Waals surface area contributed by atoms with Crippen LogP contribution in [0.25, 0.3) is 0 Å².